The van der Waals surface area contributed by atoms with Crippen molar-refractivity contribution in [1.82, 2.24) is 5.32 Å². The zero-order valence-corrected chi connectivity index (χ0v) is 10.4. The molecule has 0 amide bonds. The monoisotopic (exact) mass is 235 g/mol. The van der Waals surface area contributed by atoms with E-state index in [-0.39, 0.29) is 0 Å². The fourth-order valence-corrected chi connectivity index (χ4v) is 2.39. The Bertz CT molecular complexity index is 203. The summed E-state index contributed by atoms with van der Waals surface area (Å²) in [5, 5.41) is 4.15. The van der Waals surface area contributed by atoms with E-state index in [1.54, 1.807) is 0 Å². The number of rotatable bonds is 3. The van der Waals surface area contributed by atoms with Crippen LogP contribution in [0.1, 0.15) is 33.1 Å². The number of hydrogen-bond donors (Lipinski definition) is 1. The van der Waals surface area contributed by atoms with Crippen molar-refractivity contribution < 1.29 is 0 Å². The molecule has 14 heavy (non-hydrogen) atoms. The predicted molar refractivity (Wildman–Crippen MR) is 63.8 cm³/mol. The molecule has 0 saturated heterocycles. The van der Waals surface area contributed by atoms with Gasteiger partial charge in [-0.15, -0.1) is 0 Å². The van der Waals surface area contributed by atoms with E-state index in [0.29, 0.717) is 17.6 Å². The Morgan fingerprint density at radius 1 is 1.43 bits per heavy atom. The second-order valence-electron chi connectivity index (χ2n) is 4.44. The highest BCUT2D eigenvalue weighted by Crippen LogP contribution is 2.28. The molecule has 0 aliphatic heterocycles. The van der Waals surface area contributed by atoms with Gasteiger partial charge in [0.1, 0.15) is 0 Å². The first kappa shape index (κ1) is 12.4. The van der Waals surface area contributed by atoms with Gasteiger partial charge in [-0.3, -0.25) is 0 Å². The molecule has 1 N–H and O–H groups in total. The first-order valence-electron chi connectivity index (χ1n) is 5.31. The lowest BCUT2D eigenvalue weighted by Crippen LogP contribution is -2.39. The van der Waals surface area contributed by atoms with Crippen LogP contribution in [0.15, 0.2) is 10.6 Å². The lowest BCUT2D eigenvalue weighted by atomic mass is 9.80. The second kappa shape index (κ2) is 5.99. The van der Waals surface area contributed by atoms with Gasteiger partial charge in [-0.1, -0.05) is 37.0 Å². The van der Waals surface area contributed by atoms with Gasteiger partial charge < -0.3 is 5.32 Å². The van der Waals surface area contributed by atoms with Gasteiger partial charge in [0.15, 0.2) is 0 Å². The molecule has 82 valence electrons. The van der Waals surface area contributed by atoms with E-state index >= 15 is 0 Å². The molecule has 0 radical (unpaired) electrons. The standard InChI is InChI=1S/C11H19Cl2N/c1-8-3-4-11(9(2)5-8)14-7-10(13)6-12/h6,8-9,11,14H,3-5,7H2,1-2H3. The molecule has 0 aromatic carbocycles. The van der Waals surface area contributed by atoms with E-state index in [0.717, 1.165) is 11.8 Å². The van der Waals surface area contributed by atoms with E-state index in [1.165, 1.54) is 24.8 Å². The molecular formula is C11H19Cl2N. The lowest BCUT2D eigenvalue weighted by molar-refractivity contribution is 0.233. The molecule has 3 unspecified atom stereocenters. The molecule has 1 aliphatic rings. The first-order valence-corrected chi connectivity index (χ1v) is 6.13. The second-order valence-corrected chi connectivity index (χ2v) is 5.14. The summed E-state index contributed by atoms with van der Waals surface area (Å²) >= 11 is 11.3. The lowest BCUT2D eigenvalue weighted by Gasteiger charge is -2.33. The molecule has 0 aromatic heterocycles. The summed E-state index contributed by atoms with van der Waals surface area (Å²) in [7, 11) is 0. The van der Waals surface area contributed by atoms with Crippen LogP contribution in [0.5, 0.6) is 0 Å². The Morgan fingerprint density at radius 3 is 2.71 bits per heavy atom. The molecule has 0 spiro atoms. The average Bonchev–Trinajstić information content (AvgIpc) is 2.16. The third kappa shape index (κ3) is 3.80. The SMILES string of the molecule is CC1CCC(NCC(Cl)=CCl)C(C)C1. The summed E-state index contributed by atoms with van der Waals surface area (Å²) in [6.45, 7) is 5.35. The van der Waals surface area contributed by atoms with Crippen LogP contribution in [-0.2, 0) is 0 Å². The third-order valence-electron chi connectivity index (χ3n) is 3.08. The molecular weight excluding hydrogens is 217 g/mol. The van der Waals surface area contributed by atoms with Crippen LogP contribution in [-0.4, -0.2) is 12.6 Å². The van der Waals surface area contributed by atoms with E-state index in [9.17, 15) is 0 Å². The molecule has 1 aliphatic carbocycles. The van der Waals surface area contributed by atoms with Gasteiger partial charge in [0.25, 0.3) is 0 Å². The van der Waals surface area contributed by atoms with Crippen LogP contribution in [0.2, 0.25) is 0 Å². The van der Waals surface area contributed by atoms with Crippen molar-refractivity contribution >= 4 is 23.2 Å². The van der Waals surface area contributed by atoms with Crippen LogP contribution in [0.4, 0.5) is 0 Å². The molecule has 1 saturated carbocycles. The summed E-state index contributed by atoms with van der Waals surface area (Å²) < 4.78 is 0. The van der Waals surface area contributed by atoms with Gasteiger partial charge in [-0.25, -0.2) is 0 Å². The van der Waals surface area contributed by atoms with Crippen molar-refractivity contribution in [3.63, 3.8) is 0 Å². The highest BCUT2D eigenvalue weighted by atomic mass is 35.5. The minimum absolute atomic E-state index is 0.608. The largest absolute Gasteiger partial charge is 0.309 e. The Labute approximate surface area is 96.8 Å². The van der Waals surface area contributed by atoms with Crippen molar-refractivity contribution in [1.29, 1.82) is 0 Å². The van der Waals surface area contributed by atoms with Gasteiger partial charge in [-0.05, 0) is 31.1 Å². The van der Waals surface area contributed by atoms with Gasteiger partial charge >= 0.3 is 0 Å². The Balaban J connectivity index is 2.31. The molecule has 0 heterocycles. The van der Waals surface area contributed by atoms with Crippen LogP contribution >= 0.6 is 23.2 Å². The van der Waals surface area contributed by atoms with Crippen LogP contribution in [0, 0.1) is 11.8 Å². The Hall–Kier alpha value is 0.280. The summed E-state index contributed by atoms with van der Waals surface area (Å²) in [6.07, 6.45) is 3.90. The van der Waals surface area contributed by atoms with E-state index in [1.807, 2.05) is 0 Å². The van der Waals surface area contributed by atoms with Crippen molar-refractivity contribution in [3.8, 4) is 0 Å². The molecule has 1 rings (SSSR count). The average molecular weight is 236 g/mol. The summed E-state index contributed by atoms with van der Waals surface area (Å²) in [5.74, 6) is 1.63. The van der Waals surface area contributed by atoms with E-state index < -0.39 is 0 Å². The molecule has 1 fully saturated rings. The quantitative estimate of drug-likeness (QED) is 0.787. The van der Waals surface area contributed by atoms with Crippen molar-refractivity contribution in [2.45, 2.75) is 39.2 Å². The van der Waals surface area contributed by atoms with Crippen LogP contribution in [0.3, 0.4) is 0 Å². The van der Waals surface area contributed by atoms with Crippen LogP contribution < -0.4 is 5.32 Å². The maximum Gasteiger partial charge on any atom is 0.0432 e. The van der Waals surface area contributed by atoms with E-state index in [4.69, 9.17) is 23.2 Å². The minimum Gasteiger partial charge on any atom is -0.309 e. The molecule has 0 aromatic rings. The van der Waals surface area contributed by atoms with Crippen molar-refractivity contribution in [3.05, 3.63) is 10.6 Å². The van der Waals surface area contributed by atoms with Crippen molar-refractivity contribution in [2.75, 3.05) is 6.54 Å². The predicted octanol–water partition coefficient (Wildman–Crippen LogP) is 3.72. The highest BCUT2D eigenvalue weighted by molar-refractivity contribution is 6.36. The smallest absolute Gasteiger partial charge is 0.0432 e. The highest BCUT2D eigenvalue weighted by Gasteiger charge is 2.24. The topological polar surface area (TPSA) is 12.0 Å². The van der Waals surface area contributed by atoms with Crippen LogP contribution in [0.25, 0.3) is 0 Å². The summed E-state index contributed by atoms with van der Waals surface area (Å²) in [6, 6.07) is 0.608. The molecule has 0 bridgehead atoms. The first-order chi connectivity index (χ1) is 6.63. The van der Waals surface area contributed by atoms with E-state index in [2.05, 4.69) is 19.2 Å². The van der Waals surface area contributed by atoms with Gasteiger partial charge in [-0.2, -0.15) is 0 Å². The third-order valence-corrected chi connectivity index (χ3v) is 3.70. The molecule has 3 heteroatoms. The molecule has 3 atom stereocenters. The number of nitrogens with one attached hydrogen (secondary N) is 1. The fraction of sp³-hybridized carbons (Fsp3) is 0.818. The van der Waals surface area contributed by atoms with Crippen molar-refractivity contribution in [2.24, 2.45) is 11.8 Å². The maximum atomic E-state index is 5.83. The zero-order chi connectivity index (χ0) is 10.6. The summed E-state index contributed by atoms with van der Waals surface area (Å²) in [4.78, 5) is 0. The van der Waals surface area contributed by atoms with Gasteiger partial charge in [0.2, 0.25) is 0 Å². The Kier molecular flexibility index (Phi) is 5.29. The van der Waals surface area contributed by atoms with Gasteiger partial charge in [0.05, 0.1) is 0 Å². The Morgan fingerprint density at radius 2 is 2.14 bits per heavy atom. The number of hydrogen-bond acceptors (Lipinski definition) is 1. The normalized spacial score (nSPS) is 34.6. The fourth-order valence-electron chi connectivity index (χ4n) is 2.24. The van der Waals surface area contributed by atoms with Gasteiger partial charge in [0, 0.05) is 23.2 Å². The maximum absolute atomic E-state index is 5.83. The molecule has 1 nitrogen and oxygen atoms in total. The summed E-state index contributed by atoms with van der Waals surface area (Å²) in [5.41, 5.74) is 1.44. The minimum atomic E-state index is 0.608. The zero-order valence-electron chi connectivity index (χ0n) is 8.89. The number of halogens is 2.